The molecule has 4 fully saturated rings. The number of thiophene rings is 1. The van der Waals surface area contributed by atoms with Crippen molar-refractivity contribution in [2.45, 2.75) is 43.7 Å². The van der Waals surface area contributed by atoms with Crippen molar-refractivity contribution in [1.29, 1.82) is 0 Å². The van der Waals surface area contributed by atoms with Crippen LogP contribution in [0.5, 0.6) is 0 Å². The third-order valence-corrected chi connectivity index (χ3v) is 17.6. The number of alkyl halides is 3. The van der Waals surface area contributed by atoms with Crippen LogP contribution in [0.2, 0.25) is 0 Å². The van der Waals surface area contributed by atoms with E-state index in [9.17, 15) is 13.2 Å². The van der Waals surface area contributed by atoms with Crippen LogP contribution >= 0.6 is 11.3 Å². The van der Waals surface area contributed by atoms with Crippen molar-refractivity contribution in [2.24, 2.45) is 23.7 Å². The molecule has 318 valence electrons. The van der Waals surface area contributed by atoms with Gasteiger partial charge in [-0.05, 0) is 153 Å². The number of nitrogens with zero attached hydrogens (tertiary/aromatic N) is 3. The smallest absolute Gasteiger partial charge is 0.278 e. The first-order valence-electron chi connectivity index (χ1n) is 23.3. The highest BCUT2D eigenvalue weighted by atomic mass is 32.1. The summed E-state index contributed by atoms with van der Waals surface area (Å²) in [6, 6.07) is 54.6. The van der Waals surface area contributed by atoms with E-state index in [0.29, 0.717) is 29.6 Å². The van der Waals surface area contributed by atoms with Gasteiger partial charge in [0.2, 0.25) is 5.95 Å². The van der Waals surface area contributed by atoms with Crippen molar-refractivity contribution < 1.29 is 13.2 Å². The van der Waals surface area contributed by atoms with Gasteiger partial charge in [-0.2, -0.15) is 13.2 Å². The third-order valence-electron chi connectivity index (χ3n) is 16.4. The number of hydrogen-bond acceptors (Lipinski definition) is 3. The van der Waals surface area contributed by atoms with Gasteiger partial charge in [-0.1, -0.05) is 115 Å². The molecule has 0 N–H and O–H groups in total. The van der Waals surface area contributed by atoms with Gasteiger partial charge in [0.15, 0.2) is 0 Å². The lowest BCUT2D eigenvalue weighted by atomic mass is 9.43. The third kappa shape index (κ3) is 4.99. The Morgan fingerprint density at radius 1 is 0.530 bits per heavy atom. The van der Waals surface area contributed by atoms with Crippen molar-refractivity contribution in [1.82, 2.24) is 14.5 Å². The summed E-state index contributed by atoms with van der Waals surface area (Å²) in [6.07, 6.45) is 1.34. The monoisotopic (exact) mass is 879 g/mol. The Labute approximate surface area is 382 Å². The predicted molar refractivity (Wildman–Crippen MR) is 263 cm³/mol. The van der Waals surface area contributed by atoms with E-state index in [-0.39, 0.29) is 5.41 Å². The van der Waals surface area contributed by atoms with E-state index in [4.69, 9.17) is 9.97 Å². The minimum Gasteiger partial charge on any atom is -0.278 e. The standard InChI is InChI=1S/C59H40F3N3S/c60-59(61,62)38-19-20-43-46-29-36(16-21-48(46)58(49(43)31-38)39-25-32-24-33(27-39)28-40(58)26-32)37-18-22-50-47(30-37)53-42-12-4-2-9-35(42)17-23-51(53)65(50)57-63-54(44-14-7-10-34-8-1-3-11-41(34)44)56-55(64-57)45-13-5-6-15-52(45)66-56/h1-23,29-33,39-40H,24-28H2. The lowest BCUT2D eigenvalue weighted by Gasteiger charge is -2.61. The van der Waals surface area contributed by atoms with Crippen LogP contribution in [0.15, 0.2) is 158 Å². The lowest BCUT2D eigenvalue weighted by molar-refractivity contribution is -0.137. The summed E-state index contributed by atoms with van der Waals surface area (Å²) in [5.41, 5.74) is 10.4. The molecule has 0 radical (unpaired) electrons. The topological polar surface area (TPSA) is 30.7 Å². The molecule has 4 saturated carbocycles. The van der Waals surface area contributed by atoms with E-state index in [1.807, 2.05) is 0 Å². The summed E-state index contributed by atoms with van der Waals surface area (Å²) in [4.78, 5) is 11.0. The molecule has 0 amide bonds. The Hall–Kier alpha value is -6.83. The minimum absolute atomic E-state index is 0.367. The summed E-state index contributed by atoms with van der Waals surface area (Å²) in [5.74, 6) is 2.75. The maximum Gasteiger partial charge on any atom is 0.416 e. The van der Waals surface area contributed by atoms with Gasteiger partial charge < -0.3 is 0 Å². The maximum absolute atomic E-state index is 14.5. The second-order valence-corrected chi connectivity index (χ2v) is 20.7. The van der Waals surface area contributed by atoms with E-state index in [1.165, 1.54) is 28.8 Å². The molecule has 0 saturated heterocycles. The van der Waals surface area contributed by atoms with Gasteiger partial charge in [0.05, 0.1) is 32.5 Å². The summed E-state index contributed by atoms with van der Waals surface area (Å²) in [7, 11) is 0. The molecule has 1 spiro atoms. The van der Waals surface area contributed by atoms with Gasteiger partial charge in [0, 0.05) is 31.8 Å². The number of rotatable bonds is 3. The molecule has 3 heterocycles. The molecule has 0 unspecified atom stereocenters. The Morgan fingerprint density at radius 3 is 2.02 bits per heavy atom. The molecular formula is C59H40F3N3S. The lowest BCUT2D eigenvalue weighted by Crippen LogP contribution is -2.55. The first kappa shape index (κ1) is 37.4. The van der Waals surface area contributed by atoms with Gasteiger partial charge in [-0.25, -0.2) is 9.97 Å². The zero-order valence-electron chi connectivity index (χ0n) is 35.7. The van der Waals surface area contributed by atoms with E-state index in [1.54, 1.807) is 17.4 Å². The molecular weight excluding hydrogens is 840 g/mol. The van der Waals surface area contributed by atoms with Gasteiger partial charge in [0.25, 0.3) is 0 Å². The zero-order chi connectivity index (χ0) is 43.6. The Balaban J connectivity index is 0.963. The van der Waals surface area contributed by atoms with E-state index >= 15 is 0 Å². The van der Waals surface area contributed by atoms with Gasteiger partial charge in [0.1, 0.15) is 0 Å². The SMILES string of the molecule is FC(F)(F)c1ccc2c(c1)C1(c3ccc(-c4ccc5c(c4)c4c6ccccc6ccc4n5-c4nc(-c5cccc6ccccc56)c5sc6ccccc6c5n4)cc3-2)C2CC3CC(C2)CC1C3. The largest absolute Gasteiger partial charge is 0.416 e. The molecule has 7 heteroatoms. The number of benzene rings is 8. The van der Waals surface area contributed by atoms with Crippen LogP contribution in [0.1, 0.15) is 48.8 Å². The van der Waals surface area contributed by atoms with Crippen LogP contribution in [0.25, 0.3) is 103 Å². The molecule has 0 atom stereocenters. The summed E-state index contributed by atoms with van der Waals surface area (Å²) < 4.78 is 48.0. The molecule has 8 aromatic carbocycles. The second kappa shape index (κ2) is 13.2. The van der Waals surface area contributed by atoms with Gasteiger partial charge in [-0.15, -0.1) is 11.3 Å². The molecule has 0 aliphatic heterocycles. The number of aromatic nitrogens is 3. The van der Waals surface area contributed by atoms with Crippen molar-refractivity contribution in [3.8, 4) is 39.5 Å². The molecule has 3 nitrogen and oxygen atoms in total. The highest BCUT2D eigenvalue weighted by Gasteiger charge is 2.62. The molecule has 4 bridgehead atoms. The van der Waals surface area contributed by atoms with Crippen LogP contribution in [0.4, 0.5) is 13.2 Å². The number of hydrogen-bond donors (Lipinski definition) is 0. The van der Waals surface area contributed by atoms with E-state index < -0.39 is 11.7 Å². The van der Waals surface area contributed by atoms with Crippen molar-refractivity contribution in [2.75, 3.05) is 0 Å². The Morgan fingerprint density at radius 2 is 1.21 bits per heavy atom. The molecule has 5 aliphatic rings. The highest BCUT2D eigenvalue weighted by molar-refractivity contribution is 7.26. The quantitative estimate of drug-likeness (QED) is 0.177. The first-order valence-corrected chi connectivity index (χ1v) is 24.1. The average molecular weight is 880 g/mol. The van der Waals surface area contributed by atoms with Gasteiger partial charge in [-0.3, -0.25) is 4.57 Å². The second-order valence-electron chi connectivity index (χ2n) is 19.6. The van der Waals surface area contributed by atoms with Crippen LogP contribution in [-0.4, -0.2) is 14.5 Å². The van der Waals surface area contributed by atoms with E-state index in [0.717, 1.165) is 124 Å². The Kier molecular flexibility index (Phi) is 7.46. The van der Waals surface area contributed by atoms with Crippen LogP contribution in [0.3, 0.4) is 0 Å². The maximum atomic E-state index is 14.5. The zero-order valence-corrected chi connectivity index (χ0v) is 36.6. The number of fused-ring (bicyclic) bond motifs is 12. The molecule has 5 aliphatic carbocycles. The fourth-order valence-corrected chi connectivity index (χ4v) is 15.2. The molecule has 11 aromatic rings. The molecule has 3 aromatic heterocycles. The fourth-order valence-electron chi connectivity index (χ4n) is 14.0. The highest BCUT2D eigenvalue weighted by Crippen LogP contribution is 2.69. The molecule has 16 rings (SSSR count). The minimum atomic E-state index is -4.40. The predicted octanol–water partition coefficient (Wildman–Crippen LogP) is 16.3. The van der Waals surface area contributed by atoms with Crippen molar-refractivity contribution in [3.05, 3.63) is 174 Å². The van der Waals surface area contributed by atoms with Crippen LogP contribution < -0.4 is 0 Å². The normalized spacial score (nSPS) is 21.9. The summed E-state index contributed by atoms with van der Waals surface area (Å²) >= 11 is 1.74. The average Bonchev–Trinajstić information content (AvgIpc) is 3.98. The number of halogens is 3. The summed E-state index contributed by atoms with van der Waals surface area (Å²) in [5, 5.41) is 7.95. The van der Waals surface area contributed by atoms with Crippen molar-refractivity contribution in [3.63, 3.8) is 0 Å². The summed E-state index contributed by atoms with van der Waals surface area (Å²) in [6.45, 7) is 0. The van der Waals surface area contributed by atoms with Crippen LogP contribution in [0, 0.1) is 23.7 Å². The Bertz CT molecular complexity index is 3880. The first-order chi connectivity index (χ1) is 32.3. The van der Waals surface area contributed by atoms with E-state index in [2.05, 4.69) is 144 Å². The molecule has 66 heavy (non-hydrogen) atoms. The fraction of sp³-hybridized carbons (Fsp3) is 0.186. The van der Waals surface area contributed by atoms with Crippen LogP contribution in [-0.2, 0) is 11.6 Å². The van der Waals surface area contributed by atoms with Gasteiger partial charge >= 0.3 is 6.18 Å². The van der Waals surface area contributed by atoms with Crippen molar-refractivity contribution >= 4 is 75.0 Å².